The van der Waals surface area contributed by atoms with Crippen LogP contribution in [-0.4, -0.2) is 45.8 Å². The molecule has 3 aliphatic carbocycles. The molecule has 3 N–H and O–H groups in total. The van der Waals surface area contributed by atoms with Crippen LogP contribution in [0.5, 0.6) is 0 Å². The second-order valence-electron chi connectivity index (χ2n) is 10.8. The summed E-state index contributed by atoms with van der Waals surface area (Å²) in [5, 5.41) is 29.8. The second-order valence-corrected chi connectivity index (χ2v) is 10.8. The SMILES string of the molecule is C[C@H](OCCC(C)(C)O)C1CCC2/C(=C/C=C3C[C@@H](O)C[C@H](O)C3)CCC[C@@]21C. The predicted octanol–water partition coefficient (Wildman–Crippen LogP) is 4.53. The van der Waals surface area contributed by atoms with E-state index >= 15 is 0 Å². The minimum absolute atomic E-state index is 0.216. The van der Waals surface area contributed by atoms with Gasteiger partial charge in [-0.15, -0.1) is 0 Å². The molecule has 0 radical (unpaired) electrons. The van der Waals surface area contributed by atoms with Crippen molar-refractivity contribution in [1.29, 1.82) is 0 Å². The number of aliphatic hydroxyl groups is 3. The Hall–Kier alpha value is -0.680. The van der Waals surface area contributed by atoms with Crippen LogP contribution in [0.25, 0.3) is 0 Å². The Morgan fingerprint density at radius 2 is 1.86 bits per heavy atom. The summed E-state index contributed by atoms with van der Waals surface area (Å²) in [6, 6.07) is 0. The van der Waals surface area contributed by atoms with Gasteiger partial charge in [0.25, 0.3) is 0 Å². The average Bonchev–Trinajstić information content (AvgIpc) is 2.95. The smallest absolute Gasteiger partial charge is 0.0613 e. The first kappa shape index (κ1) is 23.0. The molecule has 0 saturated heterocycles. The minimum atomic E-state index is -0.670. The van der Waals surface area contributed by atoms with Gasteiger partial charge in [0.05, 0.1) is 23.9 Å². The molecular formula is C25H42O4. The van der Waals surface area contributed by atoms with E-state index in [9.17, 15) is 15.3 Å². The van der Waals surface area contributed by atoms with Gasteiger partial charge in [0.2, 0.25) is 0 Å². The molecule has 4 heteroatoms. The highest BCUT2D eigenvalue weighted by molar-refractivity contribution is 5.26. The lowest BCUT2D eigenvalue weighted by Crippen LogP contribution is -2.39. The lowest BCUT2D eigenvalue weighted by atomic mass is 9.62. The predicted molar refractivity (Wildman–Crippen MR) is 117 cm³/mol. The van der Waals surface area contributed by atoms with Gasteiger partial charge in [-0.1, -0.05) is 30.2 Å². The van der Waals surface area contributed by atoms with Gasteiger partial charge >= 0.3 is 0 Å². The van der Waals surface area contributed by atoms with Crippen LogP contribution in [0, 0.1) is 17.3 Å². The van der Waals surface area contributed by atoms with E-state index < -0.39 is 17.8 Å². The van der Waals surface area contributed by atoms with Gasteiger partial charge in [0.15, 0.2) is 0 Å². The largest absolute Gasteiger partial charge is 0.393 e. The van der Waals surface area contributed by atoms with E-state index in [0.29, 0.717) is 44.1 Å². The maximum Gasteiger partial charge on any atom is 0.0613 e. The third-order valence-electron chi connectivity index (χ3n) is 7.77. The fourth-order valence-electron chi connectivity index (χ4n) is 6.19. The molecule has 3 aliphatic rings. The molecule has 0 aromatic rings. The zero-order chi connectivity index (χ0) is 21.2. The molecule has 4 nitrogen and oxygen atoms in total. The molecule has 0 bridgehead atoms. The van der Waals surface area contributed by atoms with Crippen LogP contribution in [0.4, 0.5) is 0 Å². The van der Waals surface area contributed by atoms with Gasteiger partial charge in [0.1, 0.15) is 0 Å². The lowest BCUT2D eigenvalue weighted by Gasteiger charge is -2.44. The molecule has 166 valence electrons. The number of hydrogen-bond donors (Lipinski definition) is 3. The first-order valence-electron chi connectivity index (χ1n) is 11.7. The lowest BCUT2D eigenvalue weighted by molar-refractivity contribution is -0.0454. The molecule has 0 spiro atoms. The Labute approximate surface area is 177 Å². The van der Waals surface area contributed by atoms with Gasteiger partial charge in [-0.25, -0.2) is 0 Å². The number of ether oxygens (including phenoxy) is 1. The monoisotopic (exact) mass is 406 g/mol. The van der Waals surface area contributed by atoms with Crippen molar-refractivity contribution in [2.45, 2.75) is 109 Å². The molecular weight excluding hydrogens is 364 g/mol. The summed E-state index contributed by atoms with van der Waals surface area (Å²) in [4.78, 5) is 0. The quantitative estimate of drug-likeness (QED) is 0.606. The van der Waals surface area contributed by atoms with Gasteiger partial charge in [-0.05, 0) is 95.8 Å². The average molecular weight is 407 g/mol. The third-order valence-corrected chi connectivity index (χ3v) is 7.77. The van der Waals surface area contributed by atoms with Crippen LogP contribution in [0.3, 0.4) is 0 Å². The summed E-state index contributed by atoms with van der Waals surface area (Å²) in [6.45, 7) is 8.96. The van der Waals surface area contributed by atoms with E-state index in [4.69, 9.17) is 4.74 Å². The van der Waals surface area contributed by atoms with Gasteiger partial charge in [-0.2, -0.15) is 0 Å². The summed E-state index contributed by atoms with van der Waals surface area (Å²) < 4.78 is 6.18. The Kier molecular flexibility index (Phi) is 7.31. The standard InChI is InChI=1S/C25H42O4/c1-17(29-13-12-24(2,3)28)22-9-10-23-19(6-5-11-25(22,23)4)8-7-18-14-20(26)16-21(27)15-18/h7-8,17,20-23,26-28H,5-6,9-16H2,1-4H3/b19-8+/t17-,20+,21+,22?,23?,25+/m0/s1. The molecule has 3 rings (SSSR count). The summed E-state index contributed by atoms with van der Waals surface area (Å²) in [5.41, 5.74) is 2.33. The number of fused-ring (bicyclic) bond motifs is 1. The molecule has 0 aromatic carbocycles. The third kappa shape index (κ3) is 5.72. The molecule has 3 saturated carbocycles. The van der Waals surface area contributed by atoms with Crippen molar-refractivity contribution < 1.29 is 20.1 Å². The van der Waals surface area contributed by atoms with E-state index in [1.807, 2.05) is 13.8 Å². The van der Waals surface area contributed by atoms with E-state index in [1.54, 1.807) is 5.57 Å². The van der Waals surface area contributed by atoms with Crippen LogP contribution in [0.1, 0.15) is 85.5 Å². The van der Waals surface area contributed by atoms with Crippen molar-refractivity contribution in [3.63, 3.8) is 0 Å². The van der Waals surface area contributed by atoms with E-state index in [1.165, 1.54) is 31.3 Å². The van der Waals surface area contributed by atoms with Gasteiger partial charge in [-0.3, -0.25) is 0 Å². The van der Waals surface area contributed by atoms with E-state index in [2.05, 4.69) is 26.0 Å². The first-order chi connectivity index (χ1) is 13.6. The minimum Gasteiger partial charge on any atom is -0.393 e. The van der Waals surface area contributed by atoms with Crippen molar-refractivity contribution in [2.24, 2.45) is 17.3 Å². The second kappa shape index (κ2) is 9.21. The highest BCUT2D eigenvalue weighted by Crippen LogP contribution is 2.58. The first-order valence-corrected chi connectivity index (χ1v) is 11.7. The van der Waals surface area contributed by atoms with E-state index in [-0.39, 0.29) is 11.5 Å². The highest BCUT2D eigenvalue weighted by atomic mass is 16.5. The molecule has 2 unspecified atom stereocenters. The van der Waals surface area contributed by atoms with Crippen LogP contribution >= 0.6 is 0 Å². The fraction of sp³-hybridized carbons (Fsp3) is 0.840. The number of aliphatic hydroxyl groups excluding tert-OH is 2. The van der Waals surface area contributed by atoms with Crippen molar-refractivity contribution in [2.75, 3.05) is 6.61 Å². The maximum absolute atomic E-state index is 9.94. The number of hydrogen-bond acceptors (Lipinski definition) is 4. The van der Waals surface area contributed by atoms with Gasteiger partial charge in [0, 0.05) is 6.61 Å². The van der Waals surface area contributed by atoms with Gasteiger partial charge < -0.3 is 20.1 Å². The Morgan fingerprint density at radius 1 is 1.17 bits per heavy atom. The molecule has 6 atom stereocenters. The zero-order valence-electron chi connectivity index (χ0n) is 18.9. The van der Waals surface area contributed by atoms with Crippen molar-refractivity contribution in [1.82, 2.24) is 0 Å². The van der Waals surface area contributed by atoms with Crippen LogP contribution in [0.2, 0.25) is 0 Å². The van der Waals surface area contributed by atoms with Crippen molar-refractivity contribution in [3.05, 3.63) is 23.3 Å². The summed E-state index contributed by atoms with van der Waals surface area (Å²) in [5.74, 6) is 1.17. The highest BCUT2D eigenvalue weighted by Gasteiger charge is 2.51. The molecule has 0 aliphatic heterocycles. The number of rotatable bonds is 6. The van der Waals surface area contributed by atoms with Crippen LogP contribution in [0.15, 0.2) is 23.3 Å². The maximum atomic E-state index is 9.94. The van der Waals surface area contributed by atoms with Crippen molar-refractivity contribution >= 4 is 0 Å². The Balaban J connectivity index is 1.66. The zero-order valence-corrected chi connectivity index (χ0v) is 18.9. The summed E-state index contributed by atoms with van der Waals surface area (Å²) >= 11 is 0. The van der Waals surface area contributed by atoms with E-state index in [0.717, 1.165) is 6.42 Å². The summed E-state index contributed by atoms with van der Waals surface area (Å²) in [6.07, 6.45) is 12.5. The fourth-order valence-corrected chi connectivity index (χ4v) is 6.19. The van der Waals surface area contributed by atoms with Crippen molar-refractivity contribution in [3.8, 4) is 0 Å². The molecule has 3 fully saturated rings. The Morgan fingerprint density at radius 3 is 2.52 bits per heavy atom. The number of allylic oxidation sites excluding steroid dienone is 3. The summed E-state index contributed by atoms with van der Waals surface area (Å²) in [7, 11) is 0. The molecule has 0 amide bonds. The topological polar surface area (TPSA) is 69.9 Å². The molecule has 0 aromatic heterocycles. The molecule has 0 heterocycles. The molecule has 29 heavy (non-hydrogen) atoms. The van der Waals surface area contributed by atoms with Crippen LogP contribution < -0.4 is 0 Å². The van der Waals surface area contributed by atoms with Crippen LogP contribution in [-0.2, 0) is 4.74 Å². The normalized spacial score (nSPS) is 38.2. The Bertz CT molecular complexity index is 605.